The molecule has 1 rings (SSSR count). The van der Waals surface area contributed by atoms with Gasteiger partial charge in [-0.15, -0.1) is 0 Å². The van der Waals surface area contributed by atoms with Crippen LogP contribution in [0.5, 0.6) is 0 Å². The van der Waals surface area contributed by atoms with Gasteiger partial charge in [-0.1, -0.05) is 13.8 Å². The summed E-state index contributed by atoms with van der Waals surface area (Å²) in [4.78, 5) is 2.48. The third kappa shape index (κ3) is 1.94. The van der Waals surface area contributed by atoms with Crippen molar-refractivity contribution in [2.75, 3.05) is 20.1 Å². The summed E-state index contributed by atoms with van der Waals surface area (Å²) in [6.07, 6.45) is 2.52. The summed E-state index contributed by atoms with van der Waals surface area (Å²) in [6.45, 7) is 6.90. The standard InChI is InChI=1S/C9H20N2.H2/c1-4-8-9(5-2)11(3)7-6-10-8;/h8-10H,4-7H2,1-3H3;1H/t8-,9-;/m1./s1. The summed E-state index contributed by atoms with van der Waals surface area (Å²) in [7, 11) is 2.23. The van der Waals surface area contributed by atoms with Crippen LogP contribution >= 0.6 is 0 Å². The van der Waals surface area contributed by atoms with E-state index >= 15 is 0 Å². The molecule has 0 aliphatic carbocycles. The maximum Gasteiger partial charge on any atom is 0.0244 e. The topological polar surface area (TPSA) is 15.3 Å². The molecule has 0 saturated carbocycles. The van der Waals surface area contributed by atoms with E-state index in [0.717, 1.165) is 18.6 Å². The first-order valence-electron chi connectivity index (χ1n) is 4.73. The zero-order valence-electron chi connectivity index (χ0n) is 7.93. The van der Waals surface area contributed by atoms with Gasteiger partial charge in [-0.2, -0.15) is 0 Å². The lowest BCUT2D eigenvalue weighted by Gasteiger charge is -2.39. The molecule has 0 aromatic rings. The Labute approximate surface area is 71.4 Å². The molecular weight excluding hydrogens is 136 g/mol. The Morgan fingerprint density at radius 2 is 2.18 bits per heavy atom. The van der Waals surface area contributed by atoms with Crippen LogP contribution in [0.25, 0.3) is 0 Å². The summed E-state index contributed by atoms with van der Waals surface area (Å²) in [5.41, 5.74) is 0. The predicted octanol–water partition coefficient (Wildman–Crippen LogP) is 1.32. The Morgan fingerprint density at radius 1 is 1.45 bits per heavy atom. The first-order valence-corrected chi connectivity index (χ1v) is 4.73. The highest BCUT2D eigenvalue weighted by atomic mass is 15.2. The summed E-state index contributed by atoms with van der Waals surface area (Å²) < 4.78 is 0. The SMILES string of the molecule is CC[C@@H]1[C@@H](CC)NCCN1C.[HH]. The molecule has 2 nitrogen and oxygen atoms in total. The molecule has 2 atom stereocenters. The Bertz CT molecular complexity index is 119. The van der Waals surface area contributed by atoms with Crippen LogP contribution in [0.1, 0.15) is 28.1 Å². The summed E-state index contributed by atoms with van der Waals surface area (Å²) >= 11 is 0. The molecule has 0 amide bonds. The number of piperazine rings is 1. The van der Waals surface area contributed by atoms with Gasteiger partial charge in [0.05, 0.1) is 0 Å². The molecule has 1 saturated heterocycles. The minimum atomic E-state index is 0. The lowest BCUT2D eigenvalue weighted by Crippen LogP contribution is -2.55. The van der Waals surface area contributed by atoms with E-state index < -0.39 is 0 Å². The average molecular weight is 158 g/mol. The molecule has 0 bridgehead atoms. The van der Waals surface area contributed by atoms with E-state index in [1.165, 1.54) is 19.4 Å². The molecule has 2 heteroatoms. The van der Waals surface area contributed by atoms with Crippen molar-refractivity contribution in [1.29, 1.82) is 0 Å². The van der Waals surface area contributed by atoms with Crippen molar-refractivity contribution in [1.82, 2.24) is 10.2 Å². The summed E-state index contributed by atoms with van der Waals surface area (Å²) in [5, 5.41) is 3.56. The fraction of sp³-hybridized carbons (Fsp3) is 1.00. The molecule has 1 aliphatic rings. The highest BCUT2D eigenvalue weighted by Gasteiger charge is 2.25. The van der Waals surface area contributed by atoms with Gasteiger partial charge >= 0.3 is 0 Å². The van der Waals surface area contributed by atoms with Crippen molar-refractivity contribution in [3.8, 4) is 0 Å². The number of nitrogens with zero attached hydrogens (tertiary/aromatic N) is 1. The molecule has 0 radical (unpaired) electrons. The molecule has 0 aromatic heterocycles. The molecule has 0 spiro atoms. The van der Waals surface area contributed by atoms with Crippen LogP contribution in [0.15, 0.2) is 0 Å². The zero-order chi connectivity index (χ0) is 8.27. The van der Waals surface area contributed by atoms with Crippen molar-refractivity contribution >= 4 is 0 Å². The quantitative estimate of drug-likeness (QED) is 0.652. The van der Waals surface area contributed by atoms with E-state index in [4.69, 9.17) is 0 Å². The van der Waals surface area contributed by atoms with Crippen molar-refractivity contribution < 1.29 is 1.43 Å². The van der Waals surface area contributed by atoms with E-state index in [9.17, 15) is 0 Å². The van der Waals surface area contributed by atoms with Crippen LogP contribution < -0.4 is 5.32 Å². The second-order valence-electron chi connectivity index (χ2n) is 3.43. The lowest BCUT2D eigenvalue weighted by molar-refractivity contribution is 0.143. The van der Waals surface area contributed by atoms with Crippen molar-refractivity contribution in [2.45, 2.75) is 38.8 Å². The van der Waals surface area contributed by atoms with Crippen molar-refractivity contribution in [2.24, 2.45) is 0 Å². The van der Waals surface area contributed by atoms with E-state index in [1.807, 2.05) is 0 Å². The van der Waals surface area contributed by atoms with Gasteiger partial charge in [0, 0.05) is 26.6 Å². The van der Waals surface area contributed by atoms with Gasteiger partial charge in [-0.3, -0.25) is 0 Å². The highest BCUT2D eigenvalue weighted by molar-refractivity contribution is 4.85. The number of hydrogen-bond acceptors (Lipinski definition) is 2. The van der Waals surface area contributed by atoms with E-state index in [1.54, 1.807) is 0 Å². The van der Waals surface area contributed by atoms with Gasteiger partial charge in [-0.25, -0.2) is 0 Å². The Balaban J connectivity index is 0.00000121. The van der Waals surface area contributed by atoms with Gasteiger partial charge in [0.2, 0.25) is 0 Å². The number of hydrogen-bond donors (Lipinski definition) is 1. The van der Waals surface area contributed by atoms with Gasteiger partial charge < -0.3 is 10.2 Å². The van der Waals surface area contributed by atoms with Gasteiger partial charge in [0.1, 0.15) is 0 Å². The van der Waals surface area contributed by atoms with Crippen LogP contribution in [0.3, 0.4) is 0 Å². The molecule has 0 unspecified atom stereocenters. The molecule has 11 heavy (non-hydrogen) atoms. The average Bonchev–Trinajstić information content (AvgIpc) is 2.04. The lowest BCUT2D eigenvalue weighted by atomic mass is 9.99. The van der Waals surface area contributed by atoms with E-state index in [0.29, 0.717) is 0 Å². The first-order chi connectivity index (χ1) is 5.29. The number of rotatable bonds is 2. The third-order valence-electron chi connectivity index (χ3n) is 2.76. The molecule has 1 heterocycles. The van der Waals surface area contributed by atoms with Crippen LogP contribution in [-0.4, -0.2) is 37.1 Å². The largest absolute Gasteiger partial charge is 0.311 e. The van der Waals surface area contributed by atoms with Crippen LogP contribution in [0, 0.1) is 0 Å². The Kier molecular flexibility index (Phi) is 3.34. The van der Waals surface area contributed by atoms with Gasteiger partial charge in [-0.05, 0) is 19.9 Å². The molecular formula is C9H22N2. The van der Waals surface area contributed by atoms with E-state index in [2.05, 4.69) is 31.1 Å². The van der Waals surface area contributed by atoms with Gasteiger partial charge in [0.15, 0.2) is 0 Å². The normalized spacial score (nSPS) is 34.1. The van der Waals surface area contributed by atoms with Crippen LogP contribution in [0.2, 0.25) is 0 Å². The van der Waals surface area contributed by atoms with E-state index in [-0.39, 0.29) is 1.43 Å². The second kappa shape index (κ2) is 4.07. The molecule has 1 N–H and O–H groups in total. The second-order valence-corrected chi connectivity index (χ2v) is 3.43. The number of nitrogens with one attached hydrogen (secondary N) is 1. The fourth-order valence-corrected chi connectivity index (χ4v) is 2.05. The highest BCUT2D eigenvalue weighted by Crippen LogP contribution is 2.12. The molecule has 1 fully saturated rings. The summed E-state index contributed by atoms with van der Waals surface area (Å²) in [6, 6.07) is 1.48. The molecule has 68 valence electrons. The number of likely N-dealkylation sites (N-methyl/N-ethyl adjacent to an activating group) is 1. The predicted molar refractivity (Wildman–Crippen MR) is 50.9 cm³/mol. The first kappa shape index (κ1) is 9.01. The molecule has 0 aromatic carbocycles. The third-order valence-corrected chi connectivity index (χ3v) is 2.76. The Hall–Kier alpha value is -0.0800. The van der Waals surface area contributed by atoms with Crippen LogP contribution in [0.4, 0.5) is 0 Å². The van der Waals surface area contributed by atoms with Gasteiger partial charge in [0.25, 0.3) is 0 Å². The molecule has 1 aliphatic heterocycles. The monoisotopic (exact) mass is 158 g/mol. The summed E-state index contributed by atoms with van der Waals surface area (Å²) in [5.74, 6) is 0. The maximum absolute atomic E-state index is 3.56. The van der Waals surface area contributed by atoms with Crippen molar-refractivity contribution in [3.63, 3.8) is 0 Å². The zero-order valence-corrected chi connectivity index (χ0v) is 7.93. The minimum Gasteiger partial charge on any atom is -0.311 e. The fourth-order valence-electron chi connectivity index (χ4n) is 2.05. The maximum atomic E-state index is 3.56. The minimum absolute atomic E-state index is 0. The Morgan fingerprint density at radius 3 is 2.64 bits per heavy atom. The smallest absolute Gasteiger partial charge is 0.0244 e. The van der Waals surface area contributed by atoms with Crippen LogP contribution in [-0.2, 0) is 0 Å². The van der Waals surface area contributed by atoms with Crippen molar-refractivity contribution in [3.05, 3.63) is 0 Å².